The van der Waals surface area contributed by atoms with Crippen molar-refractivity contribution >= 4 is 12.2 Å². The molecular weight excluding hydrogens is 148 g/mol. The van der Waals surface area contributed by atoms with Crippen LogP contribution in [0.5, 0.6) is 0 Å². The van der Waals surface area contributed by atoms with E-state index in [1.165, 1.54) is 5.56 Å². The molecule has 12 heavy (non-hydrogen) atoms. The molecule has 0 saturated carbocycles. The average Bonchev–Trinajstić information content (AvgIpc) is 2.37. The Morgan fingerprint density at radius 1 is 1.33 bits per heavy atom. The standard InChI is InChI=1S/C11H12O/c1-2-10-8-9-6-4-3-5-7-11(9)12-10/h4-8H,2-3H2,1H3. The highest BCUT2D eigenvalue weighted by atomic mass is 16.3. The highest BCUT2D eigenvalue weighted by molar-refractivity contribution is 5.64. The first kappa shape index (κ1) is 7.41. The van der Waals surface area contributed by atoms with Gasteiger partial charge in [-0.1, -0.05) is 25.2 Å². The normalized spacial score (nSPS) is 14.4. The quantitative estimate of drug-likeness (QED) is 0.614. The van der Waals surface area contributed by atoms with Gasteiger partial charge in [0.05, 0.1) is 0 Å². The van der Waals surface area contributed by atoms with Crippen molar-refractivity contribution in [2.24, 2.45) is 0 Å². The molecule has 0 unspecified atom stereocenters. The van der Waals surface area contributed by atoms with Crippen LogP contribution < -0.4 is 0 Å². The van der Waals surface area contributed by atoms with E-state index in [2.05, 4.69) is 37.3 Å². The summed E-state index contributed by atoms with van der Waals surface area (Å²) in [5.41, 5.74) is 1.21. The zero-order chi connectivity index (χ0) is 8.39. The van der Waals surface area contributed by atoms with Gasteiger partial charge in [0.1, 0.15) is 11.5 Å². The van der Waals surface area contributed by atoms with Crippen LogP contribution in [0.3, 0.4) is 0 Å². The Bertz CT molecular complexity index is 299. The summed E-state index contributed by atoms with van der Waals surface area (Å²) in [6.07, 6.45) is 10.4. The maximum absolute atomic E-state index is 5.60. The van der Waals surface area contributed by atoms with Crippen LogP contribution in [0.2, 0.25) is 0 Å². The molecule has 0 atom stereocenters. The lowest BCUT2D eigenvalue weighted by atomic mass is 10.2. The van der Waals surface area contributed by atoms with Crippen LogP contribution >= 0.6 is 0 Å². The Hall–Kier alpha value is -1.24. The molecule has 1 aromatic rings. The van der Waals surface area contributed by atoms with Crippen molar-refractivity contribution in [1.82, 2.24) is 0 Å². The second kappa shape index (κ2) is 3.02. The zero-order valence-electron chi connectivity index (χ0n) is 7.21. The predicted octanol–water partition coefficient (Wildman–Crippen LogP) is 3.27. The largest absolute Gasteiger partial charge is 0.461 e. The first-order valence-corrected chi connectivity index (χ1v) is 4.36. The molecule has 1 aliphatic rings. The molecule has 0 aromatic carbocycles. The van der Waals surface area contributed by atoms with E-state index in [0.717, 1.165) is 24.4 Å². The van der Waals surface area contributed by atoms with Crippen LogP contribution in [-0.2, 0) is 6.42 Å². The lowest BCUT2D eigenvalue weighted by Crippen LogP contribution is -1.68. The number of rotatable bonds is 1. The molecule has 1 nitrogen and oxygen atoms in total. The summed E-state index contributed by atoms with van der Waals surface area (Å²) in [6.45, 7) is 2.10. The van der Waals surface area contributed by atoms with Gasteiger partial charge in [0, 0.05) is 12.0 Å². The average molecular weight is 160 g/mol. The van der Waals surface area contributed by atoms with Crippen molar-refractivity contribution in [1.29, 1.82) is 0 Å². The fourth-order valence-corrected chi connectivity index (χ4v) is 1.36. The van der Waals surface area contributed by atoms with Crippen LogP contribution in [0.4, 0.5) is 0 Å². The molecule has 0 bridgehead atoms. The maximum Gasteiger partial charge on any atom is 0.133 e. The van der Waals surface area contributed by atoms with Crippen molar-refractivity contribution in [3.8, 4) is 0 Å². The number of allylic oxidation sites excluding steroid dienone is 2. The highest BCUT2D eigenvalue weighted by Gasteiger charge is 2.05. The third-order valence-corrected chi connectivity index (χ3v) is 2.03. The maximum atomic E-state index is 5.60. The first-order valence-electron chi connectivity index (χ1n) is 4.36. The molecular formula is C11H12O. The minimum atomic E-state index is 0.967. The van der Waals surface area contributed by atoms with Gasteiger partial charge in [0.2, 0.25) is 0 Å². The van der Waals surface area contributed by atoms with Gasteiger partial charge in [-0.15, -0.1) is 0 Å². The van der Waals surface area contributed by atoms with Crippen molar-refractivity contribution < 1.29 is 4.42 Å². The molecule has 1 heteroatoms. The summed E-state index contributed by atoms with van der Waals surface area (Å²) < 4.78 is 5.60. The smallest absolute Gasteiger partial charge is 0.133 e. The summed E-state index contributed by atoms with van der Waals surface area (Å²) in [5.74, 6) is 2.07. The summed E-state index contributed by atoms with van der Waals surface area (Å²) in [5, 5.41) is 0. The molecule has 1 aliphatic carbocycles. The molecule has 1 aromatic heterocycles. The van der Waals surface area contributed by atoms with Crippen LogP contribution in [0.25, 0.3) is 12.2 Å². The highest BCUT2D eigenvalue weighted by Crippen LogP contribution is 2.21. The van der Waals surface area contributed by atoms with Gasteiger partial charge in [-0.25, -0.2) is 0 Å². The molecule has 1 heterocycles. The second-order valence-electron chi connectivity index (χ2n) is 2.93. The molecule has 0 N–H and O–H groups in total. The third kappa shape index (κ3) is 1.22. The Labute approximate surface area is 72.4 Å². The molecule has 0 saturated heterocycles. The van der Waals surface area contributed by atoms with E-state index in [0.29, 0.717) is 0 Å². The van der Waals surface area contributed by atoms with Gasteiger partial charge in [0.25, 0.3) is 0 Å². The van der Waals surface area contributed by atoms with E-state index in [1.54, 1.807) is 0 Å². The number of aryl methyl sites for hydroxylation is 1. The van der Waals surface area contributed by atoms with Gasteiger partial charge in [0.15, 0.2) is 0 Å². The van der Waals surface area contributed by atoms with E-state index in [1.807, 2.05) is 0 Å². The van der Waals surface area contributed by atoms with Gasteiger partial charge in [-0.05, 0) is 18.6 Å². The molecule has 0 fully saturated rings. The van der Waals surface area contributed by atoms with E-state index in [-0.39, 0.29) is 0 Å². The zero-order valence-corrected chi connectivity index (χ0v) is 7.21. The van der Waals surface area contributed by atoms with Crippen LogP contribution in [0.1, 0.15) is 30.4 Å². The predicted molar refractivity (Wildman–Crippen MR) is 50.8 cm³/mol. The third-order valence-electron chi connectivity index (χ3n) is 2.03. The summed E-state index contributed by atoms with van der Waals surface area (Å²) in [7, 11) is 0. The Kier molecular flexibility index (Phi) is 1.86. The molecule has 0 amide bonds. The van der Waals surface area contributed by atoms with Crippen molar-refractivity contribution in [2.75, 3.05) is 0 Å². The Morgan fingerprint density at radius 2 is 2.17 bits per heavy atom. The van der Waals surface area contributed by atoms with Gasteiger partial charge >= 0.3 is 0 Å². The van der Waals surface area contributed by atoms with E-state index in [4.69, 9.17) is 4.42 Å². The summed E-state index contributed by atoms with van der Waals surface area (Å²) in [6, 6.07) is 2.11. The topological polar surface area (TPSA) is 13.1 Å². The van der Waals surface area contributed by atoms with E-state index < -0.39 is 0 Å². The lowest BCUT2D eigenvalue weighted by Gasteiger charge is -1.86. The number of hydrogen-bond acceptors (Lipinski definition) is 1. The van der Waals surface area contributed by atoms with Gasteiger partial charge in [-0.3, -0.25) is 0 Å². The molecule has 2 rings (SSSR count). The molecule has 0 radical (unpaired) electrons. The van der Waals surface area contributed by atoms with Crippen LogP contribution in [0, 0.1) is 0 Å². The number of hydrogen-bond donors (Lipinski definition) is 0. The Morgan fingerprint density at radius 3 is 3.00 bits per heavy atom. The van der Waals surface area contributed by atoms with E-state index >= 15 is 0 Å². The van der Waals surface area contributed by atoms with Crippen molar-refractivity contribution in [2.45, 2.75) is 19.8 Å². The van der Waals surface area contributed by atoms with Crippen LogP contribution in [-0.4, -0.2) is 0 Å². The fourth-order valence-electron chi connectivity index (χ4n) is 1.36. The van der Waals surface area contributed by atoms with Crippen molar-refractivity contribution in [3.05, 3.63) is 35.3 Å². The van der Waals surface area contributed by atoms with Gasteiger partial charge < -0.3 is 4.42 Å². The first-order chi connectivity index (χ1) is 5.90. The van der Waals surface area contributed by atoms with Gasteiger partial charge in [-0.2, -0.15) is 0 Å². The summed E-state index contributed by atoms with van der Waals surface area (Å²) in [4.78, 5) is 0. The Balaban J connectivity index is 2.46. The number of furan rings is 1. The SMILES string of the molecule is CCc1cc2c(o1)C=CCC=C2. The van der Waals surface area contributed by atoms with Crippen LogP contribution in [0.15, 0.2) is 22.6 Å². The minimum Gasteiger partial charge on any atom is -0.461 e. The molecule has 0 spiro atoms. The fraction of sp³-hybridized carbons (Fsp3) is 0.273. The lowest BCUT2D eigenvalue weighted by molar-refractivity contribution is 0.507. The minimum absolute atomic E-state index is 0.967. The molecule has 0 aliphatic heterocycles. The van der Waals surface area contributed by atoms with Crippen molar-refractivity contribution in [3.63, 3.8) is 0 Å². The second-order valence-corrected chi connectivity index (χ2v) is 2.93. The monoisotopic (exact) mass is 160 g/mol. The summed E-state index contributed by atoms with van der Waals surface area (Å²) >= 11 is 0. The number of fused-ring (bicyclic) bond motifs is 1. The molecule has 62 valence electrons. The van der Waals surface area contributed by atoms with E-state index in [9.17, 15) is 0 Å².